The fraction of sp³-hybridized carbons (Fsp3) is 0.182. The third-order valence-corrected chi connectivity index (χ3v) is 3.58. The Kier molecular flexibility index (Phi) is 5.65. The molecule has 0 saturated heterocycles. The van der Waals surface area contributed by atoms with Crippen molar-refractivity contribution in [2.75, 3.05) is 0 Å². The van der Waals surface area contributed by atoms with Gasteiger partial charge in [-0.2, -0.15) is 0 Å². The second kappa shape index (κ2) is 7.92. The molecule has 0 aliphatic rings. The fourth-order valence-corrected chi connectivity index (χ4v) is 2.27. The second-order valence-corrected chi connectivity index (χ2v) is 5.14. The molecule has 0 radical (unpaired) electrons. The zero-order valence-electron chi connectivity index (χ0n) is 13.0. The van der Waals surface area contributed by atoms with Crippen LogP contribution in [0.5, 0.6) is 0 Å². The van der Waals surface area contributed by atoms with E-state index in [-0.39, 0.29) is 0 Å². The van der Waals surface area contributed by atoms with Gasteiger partial charge in [-0.05, 0) is 60.7 Å². The fourth-order valence-electron chi connectivity index (χ4n) is 2.27. The number of hydrogen-bond acceptors (Lipinski definition) is 0. The molecule has 0 fully saturated rings. The normalized spacial score (nSPS) is 9.45. The minimum atomic E-state index is 0.924. The van der Waals surface area contributed by atoms with Crippen LogP contribution < -0.4 is 0 Å². The van der Waals surface area contributed by atoms with Crippen LogP contribution >= 0.6 is 0 Å². The number of aryl methyl sites for hydroxylation is 2. The van der Waals surface area contributed by atoms with Crippen LogP contribution in [0.3, 0.4) is 0 Å². The van der Waals surface area contributed by atoms with Crippen molar-refractivity contribution in [1.82, 2.24) is 0 Å². The van der Waals surface area contributed by atoms with Gasteiger partial charge in [-0.3, -0.25) is 0 Å². The van der Waals surface area contributed by atoms with E-state index in [9.17, 15) is 0 Å². The van der Waals surface area contributed by atoms with Crippen molar-refractivity contribution in [3.63, 3.8) is 0 Å². The molecule has 0 bridgehead atoms. The lowest BCUT2D eigenvalue weighted by molar-refractivity contribution is 1.00. The summed E-state index contributed by atoms with van der Waals surface area (Å²) >= 11 is 0. The number of hydrogen-bond donors (Lipinski definition) is 0. The summed E-state index contributed by atoms with van der Waals surface area (Å²) < 4.78 is 0. The maximum atomic E-state index is 5.50. The van der Waals surface area contributed by atoms with Gasteiger partial charge in [-0.15, -0.1) is 13.0 Å². The average molecular weight is 284 g/mol. The van der Waals surface area contributed by atoms with Crippen LogP contribution in [-0.4, -0.2) is 0 Å². The molecule has 0 saturated carbocycles. The average Bonchev–Trinajstić information content (AvgIpc) is 2.58. The van der Waals surface area contributed by atoms with Crippen molar-refractivity contribution in [2.24, 2.45) is 0 Å². The molecule has 0 nitrogen and oxygen atoms in total. The summed E-state index contributed by atoms with van der Waals surface area (Å²) in [5, 5.41) is 0. The van der Waals surface area contributed by atoms with Gasteiger partial charge in [0.1, 0.15) is 0 Å². The number of rotatable bonds is 4. The third kappa shape index (κ3) is 4.15. The second-order valence-electron chi connectivity index (χ2n) is 5.14. The van der Waals surface area contributed by atoms with E-state index in [2.05, 4.69) is 61.6 Å². The van der Waals surface area contributed by atoms with Crippen LogP contribution in [0.2, 0.25) is 0 Å². The molecule has 0 amide bonds. The standard InChI is InChI=1S/C22H20/c1-4-7-8-18-9-11-19(12-10-18)13-14-20-15-16-21(5-2)22(6-3)17-20/h2,4,9-12,15-17H,1,6-8H2,3H3. The molecular formula is C22H20. The van der Waals surface area contributed by atoms with Gasteiger partial charge in [0.25, 0.3) is 0 Å². The Labute approximate surface area is 133 Å². The summed E-state index contributed by atoms with van der Waals surface area (Å²) in [6.07, 6.45) is 10.4. The maximum Gasteiger partial charge on any atom is 0.0275 e. The van der Waals surface area contributed by atoms with Crippen LogP contribution in [0.25, 0.3) is 0 Å². The highest BCUT2D eigenvalue weighted by molar-refractivity contribution is 5.49. The lowest BCUT2D eigenvalue weighted by Gasteiger charge is -2.02. The van der Waals surface area contributed by atoms with Gasteiger partial charge in [0.15, 0.2) is 0 Å². The molecule has 0 spiro atoms. The van der Waals surface area contributed by atoms with Crippen molar-refractivity contribution in [2.45, 2.75) is 26.2 Å². The van der Waals surface area contributed by atoms with Crippen LogP contribution in [0.15, 0.2) is 55.1 Å². The summed E-state index contributed by atoms with van der Waals surface area (Å²) in [5.74, 6) is 9.14. The summed E-state index contributed by atoms with van der Waals surface area (Å²) in [4.78, 5) is 0. The SMILES string of the molecule is C#Cc1ccc(C#Cc2ccc(CCC=C)cc2)cc1CC. The van der Waals surface area contributed by atoms with Crippen LogP contribution in [-0.2, 0) is 12.8 Å². The van der Waals surface area contributed by atoms with Crippen molar-refractivity contribution in [3.05, 3.63) is 82.9 Å². The van der Waals surface area contributed by atoms with Crippen molar-refractivity contribution in [1.29, 1.82) is 0 Å². The zero-order chi connectivity index (χ0) is 15.8. The summed E-state index contributed by atoms with van der Waals surface area (Å²) in [7, 11) is 0. The largest absolute Gasteiger partial charge is 0.115 e. The predicted octanol–water partition coefficient (Wildman–Crippen LogP) is 4.75. The van der Waals surface area contributed by atoms with E-state index < -0.39 is 0 Å². The van der Waals surface area contributed by atoms with Crippen LogP contribution in [0.1, 0.15) is 41.2 Å². The highest BCUT2D eigenvalue weighted by atomic mass is 14.0. The molecule has 108 valence electrons. The molecule has 0 N–H and O–H groups in total. The molecule has 0 unspecified atom stereocenters. The maximum absolute atomic E-state index is 5.50. The Morgan fingerprint density at radius 2 is 1.73 bits per heavy atom. The van der Waals surface area contributed by atoms with Gasteiger partial charge in [0.2, 0.25) is 0 Å². The molecule has 0 heteroatoms. The van der Waals surface area contributed by atoms with Crippen molar-refractivity contribution < 1.29 is 0 Å². The van der Waals surface area contributed by atoms with Crippen molar-refractivity contribution >= 4 is 0 Å². The molecule has 0 aliphatic heterocycles. The highest BCUT2D eigenvalue weighted by Crippen LogP contribution is 2.12. The van der Waals surface area contributed by atoms with E-state index in [0.29, 0.717) is 0 Å². The van der Waals surface area contributed by atoms with E-state index in [1.165, 1.54) is 11.1 Å². The Morgan fingerprint density at radius 1 is 1.05 bits per heavy atom. The molecule has 0 heterocycles. The van der Waals surface area contributed by atoms with E-state index in [1.54, 1.807) is 0 Å². The summed E-state index contributed by atoms with van der Waals surface area (Å²) in [5.41, 5.74) is 5.48. The van der Waals surface area contributed by atoms with Gasteiger partial charge in [-0.25, -0.2) is 0 Å². The lowest BCUT2D eigenvalue weighted by atomic mass is 10.0. The van der Waals surface area contributed by atoms with E-state index in [4.69, 9.17) is 6.42 Å². The topological polar surface area (TPSA) is 0 Å². The van der Waals surface area contributed by atoms with Crippen LogP contribution in [0, 0.1) is 24.2 Å². The first kappa shape index (κ1) is 15.7. The summed E-state index contributed by atoms with van der Waals surface area (Å²) in [6, 6.07) is 14.4. The molecular weight excluding hydrogens is 264 g/mol. The number of allylic oxidation sites excluding steroid dienone is 1. The lowest BCUT2D eigenvalue weighted by Crippen LogP contribution is -1.89. The van der Waals surface area contributed by atoms with Crippen LogP contribution in [0.4, 0.5) is 0 Å². The molecule has 2 aromatic rings. The third-order valence-electron chi connectivity index (χ3n) is 3.58. The van der Waals surface area contributed by atoms with Crippen molar-refractivity contribution in [3.8, 4) is 24.2 Å². The van der Waals surface area contributed by atoms with E-state index in [0.717, 1.165) is 36.0 Å². The first-order valence-electron chi connectivity index (χ1n) is 7.58. The van der Waals surface area contributed by atoms with E-state index in [1.807, 2.05) is 18.2 Å². The molecule has 2 aromatic carbocycles. The Hall–Kier alpha value is -2.70. The molecule has 0 atom stereocenters. The predicted molar refractivity (Wildman–Crippen MR) is 94.7 cm³/mol. The van der Waals surface area contributed by atoms with Gasteiger partial charge < -0.3 is 0 Å². The molecule has 0 aliphatic carbocycles. The summed E-state index contributed by atoms with van der Waals surface area (Å²) in [6.45, 7) is 5.85. The van der Waals surface area contributed by atoms with Gasteiger partial charge in [0, 0.05) is 16.7 Å². The molecule has 22 heavy (non-hydrogen) atoms. The molecule has 0 aromatic heterocycles. The van der Waals surface area contributed by atoms with E-state index >= 15 is 0 Å². The Balaban J connectivity index is 2.16. The number of terminal acetylenes is 1. The number of benzene rings is 2. The smallest absolute Gasteiger partial charge is 0.0275 e. The zero-order valence-corrected chi connectivity index (χ0v) is 13.0. The van der Waals surface area contributed by atoms with Gasteiger partial charge >= 0.3 is 0 Å². The van der Waals surface area contributed by atoms with Gasteiger partial charge in [-0.1, -0.05) is 42.9 Å². The monoisotopic (exact) mass is 284 g/mol. The van der Waals surface area contributed by atoms with Gasteiger partial charge in [0.05, 0.1) is 0 Å². The molecule has 2 rings (SSSR count). The Morgan fingerprint density at radius 3 is 2.36 bits per heavy atom. The Bertz CT molecular complexity index is 743. The quantitative estimate of drug-likeness (QED) is 0.561. The first-order chi connectivity index (χ1) is 10.8. The minimum Gasteiger partial charge on any atom is -0.115 e. The minimum absolute atomic E-state index is 0.924. The highest BCUT2D eigenvalue weighted by Gasteiger charge is 1.98. The first-order valence-corrected chi connectivity index (χ1v) is 7.58.